The first-order chi connectivity index (χ1) is 9.16. The second-order valence-electron chi connectivity index (χ2n) is 4.20. The first-order valence-corrected chi connectivity index (χ1v) is 6.04. The average molecular weight is 263 g/mol. The summed E-state index contributed by atoms with van der Waals surface area (Å²) >= 11 is 0. The molecule has 0 saturated heterocycles. The fraction of sp³-hybridized carbons (Fsp3) is 0.200. The van der Waals surface area contributed by atoms with Crippen LogP contribution in [0.1, 0.15) is 5.56 Å². The number of nitrogens with one attached hydrogen (secondary N) is 1. The van der Waals surface area contributed by atoms with Crippen LogP contribution in [0.3, 0.4) is 0 Å². The third-order valence-corrected chi connectivity index (χ3v) is 2.62. The van der Waals surface area contributed by atoms with Gasteiger partial charge in [0.25, 0.3) is 0 Å². The molecule has 0 fully saturated rings. The SMILES string of the molecule is Cc1cccc(NCCOc2cccc(F)c2F)c1. The lowest BCUT2D eigenvalue weighted by molar-refractivity contribution is 0.308. The minimum atomic E-state index is -0.946. The number of hydrogen-bond acceptors (Lipinski definition) is 2. The molecule has 0 bridgehead atoms. The lowest BCUT2D eigenvalue weighted by Crippen LogP contribution is -2.12. The lowest BCUT2D eigenvalue weighted by Gasteiger charge is -2.09. The van der Waals surface area contributed by atoms with Gasteiger partial charge in [-0.25, -0.2) is 4.39 Å². The van der Waals surface area contributed by atoms with E-state index in [1.54, 1.807) is 0 Å². The molecule has 0 radical (unpaired) electrons. The molecule has 0 aliphatic heterocycles. The zero-order chi connectivity index (χ0) is 13.7. The number of benzene rings is 2. The van der Waals surface area contributed by atoms with Crippen LogP contribution in [-0.4, -0.2) is 13.2 Å². The molecule has 2 aromatic carbocycles. The monoisotopic (exact) mass is 263 g/mol. The van der Waals surface area contributed by atoms with Crippen molar-refractivity contribution in [3.05, 3.63) is 59.7 Å². The Morgan fingerprint density at radius 2 is 1.89 bits per heavy atom. The van der Waals surface area contributed by atoms with Gasteiger partial charge in [0.05, 0.1) is 0 Å². The summed E-state index contributed by atoms with van der Waals surface area (Å²) in [5.74, 6) is -1.91. The van der Waals surface area contributed by atoms with Gasteiger partial charge in [-0.3, -0.25) is 0 Å². The minimum absolute atomic E-state index is 0.0638. The Labute approximate surface area is 111 Å². The molecule has 0 aliphatic carbocycles. The van der Waals surface area contributed by atoms with Gasteiger partial charge in [-0.15, -0.1) is 0 Å². The first kappa shape index (κ1) is 13.3. The molecule has 0 aromatic heterocycles. The van der Waals surface area contributed by atoms with Crippen LogP contribution in [0.25, 0.3) is 0 Å². The normalized spacial score (nSPS) is 10.3. The van der Waals surface area contributed by atoms with Gasteiger partial charge in [-0.1, -0.05) is 18.2 Å². The number of ether oxygens (including phenoxy) is 1. The van der Waals surface area contributed by atoms with E-state index < -0.39 is 11.6 Å². The number of anilines is 1. The van der Waals surface area contributed by atoms with Crippen molar-refractivity contribution in [2.75, 3.05) is 18.5 Å². The van der Waals surface area contributed by atoms with Gasteiger partial charge in [0.2, 0.25) is 5.82 Å². The predicted octanol–water partition coefficient (Wildman–Crippen LogP) is 3.76. The van der Waals surface area contributed by atoms with Crippen molar-refractivity contribution in [2.24, 2.45) is 0 Å². The maximum Gasteiger partial charge on any atom is 0.200 e. The summed E-state index contributed by atoms with van der Waals surface area (Å²) in [5, 5.41) is 3.15. The molecule has 4 heteroatoms. The van der Waals surface area contributed by atoms with Gasteiger partial charge in [0.1, 0.15) is 6.61 Å². The standard InChI is InChI=1S/C15H15F2NO/c1-11-4-2-5-12(10-11)18-8-9-19-14-7-3-6-13(16)15(14)17/h2-7,10,18H,8-9H2,1H3. The van der Waals surface area contributed by atoms with Crippen LogP contribution in [0.15, 0.2) is 42.5 Å². The molecule has 19 heavy (non-hydrogen) atoms. The summed E-state index contributed by atoms with van der Waals surface area (Å²) in [6.45, 7) is 2.78. The Balaban J connectivity index is 1.82. The van der Waals surface area contributed by atoms with Crippen LogP contribution in [0.5, 0.6) is 5.75 Å². The fourth-order valence-corrected chi connectivity index (χ4v) is 1.71. The molecule has 0 amide bonds. The van der Waals surface area contributed by atoms with E-state index in [0.717, 1.165) is 17.3 Å². The molecule has 1 N–H and O–H groups in total. The fourth-order valence-electron chi connectivity index (χ4n) is 1.71. The number of halogens is 2. The van der Waals surface area contributed by atoms with E-state index >= 15 is 0 Å². The summed E-state index contributed by atoms with van der Waals surface area (Å²) in [6.07, 6.45) is 0. The van der Waals surface area contributed by atoms with Crippen LogP contribution in [-0.2, 0) is 0 Å². The molecule has 100 valence electrons. The van der Waals surface area contributed by atoms with Crippen molar-refractivity contribution < 1.29 is 13.5 Å². The Morgan fingerprint density at radius 1 is 1.11 bits per heavy atom. The van der Waals surface area contributed by atoms with Gasteiger partial charge in [0, 0.05) is 12.2 Å². The van der Waals surface area contributed by atoms with Gasteiger partial charge >= 0.3 is 0 Å². The number of hydrogen-bond donors (Lipinski definition) is 1. The van der Waals surface area contributed by atoms with Crippen LogP contribution in [0.4, 0.5) is 14.5 Å². The van der Waals surface area contributed by atoms with Crippen LogP contribution >= 0.6 is 0 Å². The quantitative estimate of drug-likeness (QED) is 0.829. The third-order valence-electron chi connectivity index (χ3n) is 2.62. The number of aryl methyl sites for hydroxylation is 1. The van der Waals surface area contributed by atoms with E-state index in [1.165, 1.54) is 12.1 Å². The topological polar surface area (TPSA) is 21.3 Å². The Morgan fingerprint density at radius 3 is 2.68 bits per heavy atom. The summed E-state index contributed by atoms with van der Waals surface area (Å²) in [6, 6.07) is 11.8. The Hall–Kier alpha value is -2.10. The summed E-state index contributed by atoms with van der Waals surface area (Å²) < 4.78 is 31.4. The average Bonchev–Trinajstić information content (AvgIpc) is 2.39. The van der Waals surface area contributed by atoms with Crippen LogP contribution in [0, 0.1) is 18.6 Å². The van der Waals surface area contributed by atoms with E-state index in [-0.39, 0.29) is 12.4 Å². The van der Waals surface area contributed by atoms with Crippen molar-refractivity contribution in [1.82, 2.24) is 0 Å². The molecule has 0 spiro atoms. The van der Waals surface area contributed by atoms with Gasteiger partial charge in [0.15, 0.2) is 11.6 Å². The molecule has 0 atom stereocenters. The summed E-state index contributed by atoms with van der Waals surface area (Å²) in [5.41, 5.74) is 2.13. The largest absolute Gasteiger partial charge is 0.489 e. The highest BCUT2D eigenvalue weighted by Crippen LogP contribution is 2.18. The summed E-state index contributed by atoms with van der Waals surface area (Å²) in [7, 11) is 0. The Kier molecular flexibility index (Phi) is 4.34. The van der Waals surface area contributed by atoms with E-state index in [2.05, 4.69) is 5.32 Å². The first-order valence-electron chi connectivity index (χ1n) is 6.04. The molecule has 2 aromatic rings. The zero-order valence-corrected chi connectivity index (χ0v) is 10.6. The molecule has 2 nitrogen and oxygen atoms in total. The van der Waals surface area contributed by atoms with Crippen molar-refractivity contribution in [1.29, 1.82) is 0 Å². The van der Waals surface area contributed by atoms with Crippen LogP contribution < -0.4 is 10.1 Å². The molecule has 0 heterocycles. The van der Waals surface area contributed by atoms with E-state index in [1.807, 2.05) is 31.2 Å². The second-order valence-corrected chi connectivity index (χ2v) is 4.20. The highest BCUT2D eigenvalue weighted by atomic mass is 19.2. The van der Waals surface area contributed by atoms with E-state index in [9.17, 15) is 8.78 Å². The van der Waals surface area contributed by atoms with Crippen molar-refractivity contribution >= 4 is 5.69 Å². The molecule has 0 unspecified atom stereocenters. The molecule has 2 rings (SSSR count). The highest BCUT2D eigenvalue weighted by Gasteiger charge is 2.07. The lowest BCUT2D eigenvalue weighted by atomic mass is 10.2. The van der Waals surface area contributed by atoms with Gasteiger partial charge < -0.3 is 10.1 Å². The molecule has 0 saturated carbocycles. The van der Waals surface area contributed by atoms with Crippen molar-refractivity contribution in [3.63, 3.8) is 0 Å². The highest BCUT2D eigenvalue weighted by molar-refractivity contribution is 5.45. The number of rotatable bonds is 5. The minimum Gasteiger partial charge on any atom is -0.489 e. The maximum atomic E-state index is 13.3. The molecular weight excluding hydrogens is 248 g/mol. The smallest absolute Gasteiger partial charge is 0.200 e. The third kappa shape index (κ3) is 3.68. The van der Waals surface area contributed by atoms with E-state index in [4.69, 9.17) is 4.74 Å². The van der Waals surface area contributed by atoms with Crippen LogP contribution in [0.2, 0.25) is 0 Å². The van der Waals surface area contributed by atoms with Gasteiger partial charge in [-0.2, -0.15) is 4.39 Å². The zero-order valence-electron chi connectivity index (χ0n) is 10.6. The molecular formula is C15H15F2NO. The second kappa shape index (κ2) is 6.18. The molecule has 0 aliphatic rings. The van der Waals surface area contributed by atoms with E-state index in [0.29, 0.717) is 6.54 Å². The predicted molar refractivity (Wildman–Crippen MR) is 71.5 cm³/mol. The van der Waals surface area contributed by atoms with Crippen molar-refractivity contribution in [3.8, 4) is 5.75 Å². The maximum absolute atomic E-state index is 13.3. The summed E-state index contributed by atoms with van der Waals surface area (Å²) in [4.78, 5) is 0. The Bertz CT molecular complexity index is 558. The van der Waals surface area contributed by atoms with Crippen molar-refractivity contribution in [2.45, 2.75) is 6.92 Å². The van der Waals surface area contributed by atoms with Gasteiger partial charge in [-0.05, 0) is 36.8 Å².